The average molecular weight is 258 g/mol. The van der Waals surface area contributed by atoms with Crippen LogP contribution in [0.5, 0.6) is 0 Å². The molecule has 0 bridgehead atoms. The number of hydrogen-bond acceptors (Lipinski definition) is 2. The summed E-state index contributed by atoms with van der Waals surface area (Å²) in [6.45, 7) is 2.34. The molecule has 4 nitrogen and oxygen atoms in total. The zero-order valence-corrected chi connectivity index (χ0v) is 10.9. The predicted octanol–water partition coefficient (Wildman–Crippen LogP) is 1.98. The number of hydrogen-bond donors (Lipinski definition) is 3. The molecule has 100 valence electrons. The minimum absolute atomic E-state index is 0.157. The zero-order chi connectivity index (χ0) is 13.4. The number of aromatic amines is 1. The van der Waals surface area contributed by atoms with Crippen LogP contribution in [0.15, 0.2) is 24.3 Å². The normalized spacial score (nSPS) is 16.5. The van der Waals surface area contributed by atoms with Gasteiger partial charge in [0, 0.05) is 17.4 Å². The monoisotopic (exact) mass is 258 g/mol. The molecule has 1 saturated carbocycles. The highest BCUT2D eigenvalue weighted by molar-refractivity contribution is 5.98. The first-order valence-electron chi connectivity index (χ1n) is 6.70. The Bertz CT molecular complexity index is 614. The van der Waals surface area contributed by atoms with E-state index in [1.54, 1.807) is 0 Å². The Morgan fingerprint density at radius 2 is 2.32 bits per heavy atom. The topological polar surface area (TPSA) is 65.1 Å². The Balaban J connectivity index is 1.72. The van der Waals surface area contributed by atoms with E-state index < -0.39 is 6.10 Å². The van der Waals surface area contributed by atoms with E-state index in [9.17, 15) is 9.90 Å². The molecule has 1 heterocycles. The van der Waals surface area contributed by atoms with Crippen molar-refractivity contribution in [1.82, 2.24) is 10.3 Å². The van der Waals surface area contributed by atoms with Gasteiger partial charge in [0.1, 0.15) is 5.69 Å². The van der Waals surface area contributed by atoms with Crippen LogP contribution in [0.4, 0.5) is 0 Å². The summed E-state index contributed by atoms with van der Waals surface area (Å²) in [5.74, 6) is 0.223. The highest BCUT2D eigenvalue weighted by atomic mass is 16.3. The smallest absolute Gasteiger partial charge is 0.267 e. The van der Waals surface area contributed by atoms with Gasteiger partial charge in [-0.1, -0.05) is 18.2 Å². The molecule has 1 fully saturated rings. The molecular formula is C15H18N2O2. The number of benzene rings is 1. The highest BCUT2D eigenvalue weighted by Gasteiger charge is 2.29. The Morgan fingerprint density at radius 1 is 1.53 bits per heavy atom. The van der Waals surface area contributed by atoms with E-state index >= 15 is 0 Å². The maximum Gasteiger partial charge on any atom is 0.267 e. The van der Waals surface area contributed by atoms with Crippen LogP contribution in [0.25, 0.3) is 10.9 Å². The standard InChI is InChI=1S/C15H18N2O2/c1-9-3-2-4-11-7-12(17-14(9)11)15(19)16-8-13(18)10-5-6-10/h2-4,7,10,13,17-18H,5-6,8H2,1H3,(H,16,19). The van der Waals surface area contributed by atoms with Crippen molar-refractivity contribution in [3.63, 3.8) is 0 Å². The van der Waals surface area contributed by atoms with E-state index in [4.69, 9.17) is 0 Å². The van der Waals surface area contributed by atoms with E-state index in [0.717, 1.165) is 29.3 Å². The van der Waals surface area contributed by atoms with Gasteiger partial charge in [0.05, 0.1) is 6.10 Å². The van der Waals surface area contributed by atoms with Crippen LogP contribution < -0.4 is 5.32 Å². The molecule has 1 amide bonds. The number of aliphatic hydroxyl groups is 1. The number of fused-ring (bicyclic) bond motifs is 1. The van der Waals surface area contributed by atoms with Gasteiger partial charge in [-0.05, 0) is 37.3 Å². The number of nitrogens with one attached hydrogen (secondary N) is 2. The van der Waals surface area contributed by atoms with Crippen LogP contribution in [0.2, 0.25) is 0 Å². The van der Waals surface area contributed by atoms with E-state index in [-0.39, 0.29) is 5.91 Å². The van der Waals surface area contributed by atoms with Crippen molar-refractivity contribution < 1.29 is 9.90 Å². The average Bonchev–Trinajstić information content (AvgIpc) is 3.15. The second-order valence-electron chi connectivity index (χ2n) is 5.34. The molecule has 1 aliphatic carbocycles. The summed E-state index contributed by atoms with van der Waals surface area (Å²) in [5, 5.41) is 13.6. The van der Waals surface area contributed by atoms with Crippen molar-refractivity contribution in [3.05, 3.63) is 35.5 Å². The van der Waals surface area contributed by atoms with Gasteiger partial charge < -0.3 is 15.4 Å². The lowest BCUT2D eigenvalue weighted by atomic mass is 10.2. The number of carbonyl (C=O) groups excluding carboxylic acids is 1. The van der Waals surface area contributed by atoms with Gasteiger partial charge in [0.25, 0.3) is 5.91 Å². The molecule has 2 aromatic rings. The Kier molecular flexibility index (Phi) is 3.03. The molecule has 1 atom stereocenters. The number of carbonyl (C=O) groups is 1. The fraction of sp³-hybridized carbons (Fsp3) is 0.400. The minimum Gasteiger partial charge on any atom is -0.391 e. The Hall–Kier alpha value is -1.81. The fourth-order valence-electron chi connectivity index (χ4n) is 2.37. The van der Waals surface area contributed by atoms with Crippen molar-refractivity contribution in [2.45, 2.75) is 25.9 Å². The molecule has 1 unspecified atom stereocenters. The number of aryl methyl sites for hydroxylation is 1. The molecule has 1 aromatic heterocycles. The van der Waals surface area contributed by atoms with Gasteiger partial charge in [-0.2, -0.15) is 0 Å². The largest absolute Gasteiger partial charge is 0.391 e. The molecule has 4 heteroatoms. The van der Waals surface area contributed by atoms with E-state index in [1.165, 1.54) is 0 Å². The molecule has 0 radical (unpaired) electrons. The summed E-state index contributed by atoms with van der Waals surface area (Å²) in [6.07, 6.45) is 1.74. The van der Waals surface area contributed by atoms with Crippen molar-refractivity contribution in [2.24, 2.45) is 5.92 Å². The van der Waals surface area contributed by atoms with Crippen LogP contribution >= 0.6 is 0 Å². The number of aromatic nitrogens is 1. The third-order valence-corrected chi connectivity index (χ3v) is 3.75. The third kappa shape index (κ3) is 2.49. The summed E-state index contributed by atoms with van der Waals surface area (Å²) in [5.41, 5.74) is 2.66. The summed E-state index contributed by atoms with van der Waals surface area (Å²) in [6, 6.07) is 7.82. The molecule has 1 aromatic carbocycles. The van der Waals surface area contributed by atoms with Crippen LogP contribution in [-0.4, -0.2) is 28.6 Å². The fourth-order valence-corrected chi connectivity index (χ4v) is 2.37. The number of H-pyrrole nitrogens is 1. The van der Waals surface area contributed by atoms with Crippen molar-refractivity contribution in [2.75, 3.05) is 6.54 Å². The molecule has 0 spiro atoms. The van der Waals surface area contributed by atoms with Crippen LogP contribution in [0.3, 0.4) is 0 Å². The molecule has 1 aliphatic rings. The molecule has 3 N–H and O–H groups in total. The first-order valence-corrected chi connectivity index (χ1v) is 6.70. The van der Waals surface area contributed by atoms with Crippen molar-refractivity contribution in [1.29, 1.82) is 0 Å². The molecule has 0 saturated heterocycles. The summed E-state index contributed by atoms with van der Waals surface area (Å²) in [7, 11) is 0. The lowest BCUT2D eigenvalue weighted by Gasteiger charge is -2.09. The van der Waals surface area contributed by atoms with Crippen LogP contribution in [0.1, 0.15) is 28.9 Å². The second-order valence-corrected chi connectivity index (χ2v) is 5.34. The Labute approximate surface area is 111 Å². The van der Waals surface area contributed by atoms with Gasteiger partial charge >= 0.3 is 0 Å². The highest BCUT2D eigenvalue weighted by Crippen LogP contribution is 2.32. The molecule has 19 heavy (non-hydrogen) atoms. The van der Waals surface area contributed by atoms with E-state index in [2.05, 4.69) is 10.3 Å². The third-order valence-electron chi connectivity index (χ3n) is 3.75. The summed E-state index contributed by atoms with van der Waals surface area (Å²) < 4.78 is 0. The van der Waals surface area contributed by atoms with Gasteiger partial charge in [0.15, 0.2) is 0 Å². The first-order chi connectivity index (χ1) is 9.15. The van der Waals surface area contributed by atoms with E-state index in [0.29, 0.717) is 18.2 Å². The molecular weight excluding hydrogens is 240 g/mol. The van der Waals surface area contributed by atoms with Gasteiger partial charge in [-0.15, -0.1) is 0 Å². The quantitative estimate of drug-likeness (QED) is 0.785. The molecule has 0 aliphatic heterocycles. The minimum atomic E-state index is -0.407. The van der Waals surface area contributed by atoms with Gasteiger partial charge in [-0.3, -0.25) is 4.79 Å². The number of para-hydroxylation sites is 1. The SMILES string of the molecule is Cc1cccc2cc(C(=O)NCC(O)C3CC3)[nH]c12. The molecule has 3 rings (SSSR count). The van der Waals surface area contributed by atoms with E-state index in [1.807, 2.05) is 31.2 Å². The maximum atomic E-state index is 12.0. The lowest BCUT2D eigenvalue weighted by molar-refractivity contribution is 0.0897. The van der Waals surface area contributed by atoms with Crippen molar-refractivity contribution >= 4 is 16.8 Å². The first kappa shape index (κ1) is 12.2. The number of amides is 1. The summed E-state index contributed by atoms with van der Waals surface area (Å²) in [4.78, 5) is 15.2. The number of aliphatic hydroxyl groups excluding tert-OH is 1. The lowest BCUT2D eigenvalue weighted by Crippen LogP contribution is -2.33. The number of rotatable bonds is 4. The zero-order valence-electron chi connectivity index (χ0n) is 10.9. The predicted molar refractivity (Wildman–Crippen MR) is 74.1 cm³/mol. The van der Waals surface area contributed by atoms with Crippen LogP contribution in [0, 0.1) is 12.8 Å². The van der Waals surface area contributed by atoms with Gasteiger partial charge in [0.2, 0.25) is 0 Å². The summed E-state index contributed by atoms with van der Waals surface area (Å²) >= 11 is 0. The maximum absolute atomic E-state index is 12.0. The van der Waals surface area contributed by atoms with Gasteiger partial charge in [-0.25, -0.2) is 0 Å². The van der Waals surface area contributed by atoms with Crippen molar-refractivity contribution in [3.8, 4) is 0 Å². The van der Waals surface area contributed by atoms with Crippen LogP contribution in [-0.2, 0) is 0 Å². The second kappa shape index (κ2) is 4.70. The Morgan fingerprint density at radius 3 is 3.00 bits per heavy atom.